The van der Waals surface area contributed by atoms with Crippen molar-refractivity contribution in [2.45, 2.75) is 12.5 Å². The van der Waals surface area contributed by atoms with Gasteiger partial charge in [0, 0.05) is 18.8 Å². The van der Waals surface area contributed by atoms with Crippen LogP contribution in [0.2, 0.25) is 0 Å². The zero-order valence-corrected chi connectivity index (χ0v) is 6.75. The van der Waals surface area contributed by atoms with E-state index in [9.17, 15) is 9.70 Å². The lowest BCUT2D eigenvalue weighted by Gasteiger charge is -2.02. The molecule has 0 aromatic carbocycles. The highest BCUT2D eigenvalue weighted by Gasteiger charge is 2.17. The molecule has 0 aliphatic carbocycles. The summed E-state index contributed by atoms with van der Waals surface area (Å²) in [6.07, 6.45) is 3.19. The minimum Gasteiger partial charge on any atom is -0.480 e. The molecular formula is C8H8N2O3. The van der Waals surface area contributed by atoms with Crippen LogP contribution in [0, 0.1) is 4.91 Å². The minimum atomic E-state index is -1.21. The average Bonchev–Trinajstić information content (AvgIpc) is 2.15. The first-order valence-electron chi connectivity index (χ1n) is 3.68. The molecule has 13 heavy (non-hydrogen) atoms. The van der Waals surface area contributed by atoms with Gasteiger partial charge in [0.05, 0.1) is 0 Å². The molecule has 1 aromatic rings. The van der Waals surface area contributed by atoms with Crippen molar-refractivity contribution in [1.29, 1.82) is 0 Å². The highest BCUT2D eigenvalue weighted by molar-refractivity contribution is 5.74. The second kappa shape index (κ2) is 4.30. The molecule has 1 unspecified atom stereocenters. The molecule has 0 fully saturated rings. The van der Waals surface area contributed by atoms with Crippen LogP contribution in [-0.2, 0) is 11.2 Å². The van der Waals surface area contributed by atoms with Crippen molar-refractivity contribution in [3.63, 3.8) is 0 Å². The number of carbonyl (C=O) groups is 1. The number of hydrogen-bond donors (Lipinski definition) is 1. The summed E-state index contributed by atoms with van der Waals surface area (Å²) in [7, 11) is 0. The van der Waals surface area contributed by atoms with E-state index in [1.807, 2.05) is 0 Å². The maximum Gasteiger partial charge on any atom is 0.332 e. The van der Waals surface area contributed by atoms with Crippen molar-refractivity contribution in [3.8, 4) is 0 Å². The van der Waals surface area contributed by atoms with E-state index in [1.165, 1.54) is 0 Å². The molecule has 1 aromatic heterocycles. The van der Waals surface area contributed by atoms with Crippen LogP contribution in [-0.4, -0.2) is 22.1 Å². The van der Waals surface area contributed by atoms with Gasteiger partial charge in [0.1, 0.15) is 0 Å². The predicted molar refractivity (Wildman–Crippen MR) is 45.2 cm³/mol. The molecular weight excluding hydrogens is 172 g/mol. The maximum absolute atomic E-state index is 10.4. The monoisotopic (exact) mass is 180 g/mol. The van der Waals surface area contributed by atoms with Crippen molar-refractivity contribution < 1.29 is 9.90 Å². The molecule has 0 amide bonds. The van der Waals surface area contributed by atoms with Crippen LogP contribution < -0.4 is 0 Å². The number of aromatic nitrogens is 1. The van der Waals surface area contributed by atoms with Gasteiger partial charge in [0.15, 0.2) is 6.04 Å². The SMILES string of the molecule is O=NC(Cc1ccncc1)C(=O)O. The summed E-state index contributed by atoms with van der Waals surface area (Å²) in [5, 5.41) is 11.0. The maximum atomic E-state index is 10.4. The molecule has 68 valence electrons. The Morgan fingerprint density at radius 1 is 1.54 bits per heavy atom. The second-order valence-electron chi connectivity index (χ2n) is 2.52. The summed E-state index contributed by atoms with van der Waals surface area (Å²) in [6.45, 7) is 0. The fourth-order valence-corrected chi connectivity index (χ4v) is 0.912. The lowest BCUT2D eigenvalue weighted by Crippen LogP contribution is -2.19. The van der Waals surface area contributed by atoms with E-state index in [1.54, 1.807) is 24.5 Å². The van der Waals surface area contributed by atoms with Gasteiger partial charge in [0.2, 0.25) is 0 Å². The standard InChI is InChI=1S/C8H8N2O3/c11-8(12)7(10-13)5-6-1-3-9-4-2-6/h1-4,7H,5H2,(H,11,12). The lowest BCUT2D eigenvalue weighted by atomic mass is 10.1. The molecule has 5 nitrogen and oxygen atoms in total. The Morgan fingerprint density at radius 2 is 2.15 bits per heavy atom. The molecule has 0 radical (unpaired) electrons. The molecule has 0 spiro atoms. The van der Waals surface area contributed by atoms with Gasteiger partial charge in [-0.05, 0) is 17.7 Å². The van der Waals surface area contributed by atoms with Crippen molar-refractivity contribution in [2.24, 2.45) is 5.18 Å². The van der Waals surface area contributed by atoms with Crippen LogP contribution in [0.15, 0.2) is 29.7 Å². The number of hydrogen-bond acceptors (Lipinski definition) is 4. The number of carboxylic acids is 1. The molecule has 1 heterocycles. The Labute approximate surface area is 74.4 Å². The number of nitroso groups, excluding NO2 is 1. The molecule has 0 bridgehead atoms. The Kier molecular flexibility index (Phi) is 3.08. The van der Waals surface area contributed by atoms with Gasteiger partial charge in [-0.2, -0.15) is 0 Å². The van der Waals surface area contributed by atoms with E-state index < -0.39 is 12.0 Å². The Morgan fingerprint density at radius 3 is 2.62 bits per heavy atom. The van der Waals surface area contributed by atoms with Gasteiger partial charge in [-0.15, -0.1) is 4.91 Å². The molecule has 0 saturated heterocycles. The summed E-state index contributed by atoms with van der Waals surface area (Å²) in [4.78, 5) is 24.3. The first-order valence-corrected chi connectivity index (χ1v) is 3.68. The third-order valence-corrected chi connectivity index (χ3v) is 1.59. The summed E-state index contributed by atoms with van der Waals surface area (Å²) >= 11 is 0. The topological polar surface area (TPSA) is 79.6 Å². The van der Waals surface area contributed by atoms with Crippen LogP contribution in [0.4, 0.5) is 0 Å². The van der Waals surface area contributed by atoms with E-state index in [4.69, 9.17) is 5.11 Å². The van der Waals surface area contributed by atoms with Gasteiger partial charge in [-0.25, -0.2) is 4.79 Å². The molecule has 1 N–H and O–H groups in total. The summed E-state index contributed by atoms with van der Waals surface area (Å²) < 4.78 is 0. The molecule has 0 aliphatic heterocycles. The first-order chi connectivity index (χ1) is 6.24. The minimum absolute atomic E-state index is 0.112. The summed E-state index contributed by atoms with van der Waals surface area (Å²) in [6, 6.07) is 2.10. The Balaban J connectivity index is 2.67. The molecule has 0 saturated carbocycles. The smallest absolute Gasteiger partial charge is 0.332 e. The molecule has 1 rings (SSSR count). The van der Waals surface area contributed by atoms with Gasteiger partial charge in [-0.3, -0.25) is 4.98 Å². The highest BCUT2D eigenvalue weighted by Crippen LogP contribution is 2.04. The van der Waals surface area contributed by atoms with E-state index in [0.717, 1.165) is 5.56 Å². The fraction of sp³-hybridized carbons (Fsp3) is 0.250. The van der Waals surface area contributed by atoms with E-state index in [0.29, 0.717) is 0 Å². The zero-order chi connectivity index (χ0) is 9.68. The predicted octanol–water partition coefficient (Wildman–Crippen LogP) is 0.844. The molecule has 5 heteroatoms. The average molecular weight is 180 g/mol. The third-order valence-electron chi connectivity index (χ3n) is 1.59. The van der Waals surface area contributed by atoms with Crippen LogP contribution in [0.3, 0.4) is 0 Å². The van der Waals surface area contributed by atoms with Gasteiger partial charge < -0.3 is 5.11 Å². The lowest BCUT2D eigenvalue weighted by molar-refractivity contribution is -0.138. The number of carboxylic acid groups (broad SMARTS) is 1. The molecule has 1 atom stereocenters. The van der Waals surface area contributed by atoms with Gasteiger partial charge in [-0.1, -0.05) is 5.18 Å². The highest BCUT2D eigenvalue weighted by atomic mass is 16.4. The van der Waals surface area contributed by atoms with Crippen molar-refractivity contribution in [3.05, 3.63) is 35.0 Å². The number of aliphatic carboxylic acids is 1. The summed E-state index contributed by atoms with van der Waals surface area (Å²) in [5.41, 5.74) is 0.738. The summed E-state index contributed by atoms with van der Waals surface area (Å²) in [5.74, 6) is -1.20. The second-order valence-corrected chi connectivity index (χ2v) is 2.52. The van der Waals surface area contributed by atoms with Crippen LogP contribution in [0.25, 0.3) is 0 Å². The normalized spacial score (nSPS) is 12.0. The van der Waals surface area contributed by atoms with Crippen molar-refractivity contribution in [1.82, 2.24) is 4.98 Å². The van der Waals surface area contributed by atoms with E-state index in [-0.39, 0.29) is 6.42 Å². The van der Waals surface area contributed by atoms with E-state index in [2.05, 4.69) is 10.2 Å². The Bertz CT molecular complexity index is 300. The first kappa shape index (κ1) is 9.31. The van der Waals surface area contributed by atoms with Crippen LogP contribution in [0.5, 0.6) is 0 Å². The van der Waals surface area contributed by atoms with Crippen molar-refractivity contribution >= 4 is 5.97 Å². The fourth-order valence-electron chi connectivity index (χ4n) is 0.912. The largest absolute Gasteiger partial charge is 0.480 e. The number of pyridine rings is 1. The zero-order valence-electron chi connectivity index (χ0n) is 6.75. The van der Waals surface area contributed by atoms with E-state index >= 15 is 0 Å². The van der Waals surface area contributed by atoms with Crippen LogP contribution >= 0.6 is 0 Å². The molecule has 0 aliphatic rings. The Hall–Kier alpha value is -1.78. The van der Waals surface area contributed by atoms with Gasteiger partial charge in [0.25, 0.3) is 0 Å². The number of nitrogens with zero attached hydrogens (tertiary/aromatic N) is 2. The quantitative estimate of drug-likeness (QED) is 0.696. The third kappa shape index (κ3) is 2.62. The number of rotatable bonds is 4. The van der Waals surface area contributed by atoms with Crippen LogP contribution in [0.1, 0.15) is 5.56 Å². The van der Waals surface area contributed by atoms with Gasteiger partial charge >= 0.3 is 5.97 Å². The van der Waals surface area contributed by atoms with Crippen molar-refractivity contribution in [2.75, 3.05) is 0 Å².